The van der Waals surface area contributed by atoms with Crippen LogP contribution in [0.3, 0.4) is 0 Å². The van der Waals surface area contributed by atoms with Crippen LogP contribution in [0.5, 0.6) is 0 Å². The summed E-state index contributed by atoms with van der Waals surface area (Å²) in [5, 5.41) is 19.1. The fourth-order valence-electron chi connectivity index (χ4n) is 1.71. The predicted octanol–water partition coefficient (Wildman–Crippen LogP) is 3.86. The van der Waals surface area contributed by atoms with Gasteiger partial charge >= 0.3 is 5.97 Å². The van der Waals surface area contributed by atoms with Crippen molar-refractivity contribution in [2.24, 2.45) is 0 Å². The molecule has 2 rings (SSSR count). The number of aliphatic hydroxyl groups is 1. The number of hydrogen-bond acceptors (Lipinski definition) is 3. The molecule has 0 amide bonds. The van der Waals surface area contributed by atoms with E-state index in [0.717, 1.165) is 10.5 Å². The molecule has 0 aromatic heterocycles. The molecular formula is C15H13ClO3S. The highest BCUT2D eigenvalue weighted by Crippen LogP contribution is 2.28. The second kappa shape index (κ2) is 6.79. The first-order valence-electron chi connectivity index (χ1n) is 5.96. The van der Waals surface area contributed by atoms with Gasteiger partial charge in [-0.05, 0) is 23.8 Å². The first-order valence-corrected chi connectivity index (χ1v) is 7.33. The van der Waals surface area contributed by atoms with Gasteiger partial charge in [0.2, 0.25) is 0 Å². The Balaban J connectivity index is 2.01. The van der Waals surface area contributed by atoms with E-state index in [2.05, 4.69) is 0 Å². The molecule has 3 nitrogen and oxygen atoms in total. The fourth-order valence-corrected chi connectivity index (χ4v) is 2.94. The topological polar surface area (TPSA) is 57.5 Å². The van der Waals surface area contributed by atoms with E-state index in [-0.39, 0.29) is 10.6 Å². The van der Waals surface area contributed by atoms with Crippen LogP contribution in [0.25, 0.3) is 0 Å². The Labute approximate surface area is 126 Å². The molecule has 0 saturated heterocycles. The second-order valence-corrected chi connectivity index (χ2v) is 5.68. The van der Waals surface area contributed by atoms with Crippen molar-refractivity contribution >= 4 is 29.3 Å². The van der Waals surface area contributed by atoms with Crippen molar-refractivity contribution < 1.29 is 15.0 Å². The Morgan fingerprint density at radius 3 is 2.50 bits per heavy atom. The number of benzene rings is 2. The lowest BCUT2D eigenvalue weighted by Crippen LogP contribution is -2.00. The summed E-state index contributed by atoms with van der Waals surface area (Å²) in [5.74, 6) is -0.567. The third-order valence-electron chi connectivity index (χ3n) is 2.76. The van der Waals surface area contributed by atoms with Crippen molar-refractivity contribution in [3.63, 3.8) is 0 Å². The van der Waals surface area contributed by atoms with E-state index in [9.17, 15) is 9.90 Å². The van der Waals surface area contributed by atoms with E-state index in [0.29, 0.717) is 5.75 Å². The number of carboxylic acid groups (broad SMARTS) is 1. The molecular weight excluding hydrogens is 296 g/mol. The van der Waals surface area contributed by atoms with E-state index >= 15 is 0 Å². The maximum absolute atomic E-state index is 10.9. The van der Waals surface area contributed by atoms with Crippen LogP contribution in [0.15, 0.2) is 53.4 Å². The van der Waals surface area contributed by atoms with Gasteiger partial charge in [0.25, 0.3) is 0 Å². The van der Waals surface area contributed by atoms with Gasteiger partial charge in [0.1, 0.15) is 0 Å². The van der Waals surface area contributed by atoms with Gasteiger partial charge in [-0.15, -0.1) is 11.8 Å². The average Bonchev–Trinajstić information content (AvgIpc) is 2.45. The number of rotatable bonds is 5. The molecule has 0 aliphatic rings. The van der Waals surface area contributed by atoms with Crippen molar-refractivity contribution in [2.75, 3.05) is 5.75 Å². The van der Waals surface area contributed by atoms with Gasteiger partial charge in [-0.2, -0.15) is 0 Å². The molecule has 20 heavy (non-hydrogen) atoms. The Morgan fingerprint density at radius 2 is 1.90 bits per heavy atom. The SMILES string of the molecule is O=C(O)c1ccc(SC[C@H](O)c2ccccc2)cc1Cl. The van der Waals surface area contributed by atoms with Crippen LogP contribution in [0.2, 0.25) is 5.02 Å². The minimum atomic E-state index is -1.05. The quantitative estimate of drug-likeness (QED) is 0.823. The lowest BCUT2D eigenvalue weighted by Gasteiger charge is -2.11. The number of carboxylic acids is 1. The highest BCUT2D eigenvalue weighted by atomic mass is 35.5. The lowest BCUT2D eigenvalue weighted by molar-refractivity contribution is 0.0697. The largest absolute Gasteiger partial charge is 0.478 e. The van der Waals surface area contributed by atoms with Crippen LogP contribution in [0.1, 0.15) is 22.0 Å². The normalized spacial score (nSPS) is 12.1. The molecule has 0 spiro atoms. The summed E-state index contributed by atoms with van der Waals surface area (Å²) in [6.07, 6.45) is -0.570. The molecule has 2 aromatic rings. The molecule has 1 atom stereocenters. The predicted molar refractivity (Wildman–Crippen MR) is 80.5 cm³/mol. The van der Waals surface area contributed by atoms with Crippen molar-refractivity contribution in [1.82, 2.24) is 0 Å². The van der Waals surface area contributed by atoms with E-state index in [1.165, 1.54) is 17.8 Å². The van der Waals surface area contributed by atoms with Crippen molar-refractivity contribution in [3.05, 3.63) is 64.7 Å². The molecule has 0 aliphatic carbocycles. The maximum Gasteiger partial charge on any atom is 0.337 e. The summed E-state index contributed by atoms with van der Waals surface area (Å²) in [7, 11) is 0. The summed E-state index contributed by atoms with van der Waals surface area (Å²) in [6, 6.07) is 14.2. The summed E-state index contributed by atoms with van der Waals surface area (Å²) in [6.45, 7) is 0. The third-order valence-corrected chi connectivity index (χ3v) is 4.15. The number of hydrogen-bond donors (Lipinski definition) is 2. The average molecular weight is 309 g/mol. The zero-order valence-corrected chi connectivity index (χ0v) is 12.1. The smallest absolute Gasteiger partial charge is 0.337 e. The zero-order chi connectivity index (χ0) is 14.5. The molecule has 0 saturated carbocycles. The highest BCUT2D eigenvalue weighted by molar-refractivity contribution is 7.99. The fraction of sp³-hybridized carbons (Fsp3) is 0.133. The Kier molecular flexibility index (Phi) is 5.06. The van der Waals surface area contributed by atoms with Gasteiger partial charge in [0.15, 0.2) is 0 Å². The number of carbonyl (C=O) groups is 1. The van der Waals surface area contributed by atoms with Crippen molar-refractivity contribution in [3.8, 4) is 0 Å². The van der Waals surface area contributed by atoms with E-state index in [4.69, 9.17) is 16.7 Å². The number of aromatic carboxylic acids is 1. The number of aliphatic hydroxyl groups excluding tert-OH is 1. The zero-order valence-electron chi connectivity index (χ0n) is 10.5. The van der Waals surface area contributed by atoms with Gasteiger partial charge in [-0.25, -0.2) is 4.79 Å². The molecule has 0 aliphatic heterocycles. The van der Waals surface area contributed by atoms with Crippen LogP contribution >= 0.6 is 23.4 Å². The summed E-state index contributed by atoms with van der Waals surface area (Å²) < 4.78 is 0. The number of halogens is 1. The molecule has 0 unspecified atom stereocenters. The molecule has 2 aromatic carbocycles. The van der Waals surface area contributed by atoms with Crippen LogP contribution in [-0.4, -0.2) is 21.9 Å². The van der Waals surface area contributed by atoms with Gasteiger partial charge in [0.05, 0.1) is 16.7 Å². The molecule has 5 heteroatoms. The molecule has 0 fully saturated rings. The monoisotopic (exact) mass is 308 g/mol. The van der Waals surface area contributed by atoms with Crippen molar-refractivity contribution in [2.45, 2.75) is 11.0 Å². The van der Waals surface area contributed by atoms with Gasteiger partial charge in [-0.1, -0.05) is 41.9 Å². The standard InChI is InChI=1S/C15H13ClO3S/c16-13-8-11(6-7-12(13)15(18)19)20-9-14(17)10-4-2-1-3-5-10/h1-8,14,17H,9H2,(H,18,19)/t14-/m0/s1. The van der Waals surface area contributed by atoms with Crippen LogP contribution in [0.4, 0.5) is 0 Å². The molecule has 0 heterocycles. The minimum absolute atomic E-state index is 0.0830. The minimum Gasteiger partial charge on any atom is -0.478 e. The van der Waals surface area contributed by atoms with Gasteiger partial charge in [-0.3, -0.25) is 0 Å². The molecule has 104 valence electrons. The van der Waals surface area contributed by atoms with E-state index in [1.54, 1.807) is 12.1 Å². The first kappa shape index (κ1) is 14.9. The molecule has 0 radical (unpaired) electrons. The lowest BCUT2D eigenvalue weighted by atomic mass is 10.1. The summed E-state index contributed by atoms with van der Waals surface area (Å²) in [4.78, 5) is 11.7. The van der Waals surface area contributed by atoms with Gasteiger partial charge in [0, 0.05) is 10.6 Å². The Hall–Kier alpha value is -1.49. The van der Waals surface area contributed by atoms with Crippen molar-refractivity contribution in [1.29, 1.82) is 0 Å². The summed E-state index contributed by atoms with van der Waals surface area (Å²) >= 11 is 7.33. The third kappa shape index (κ3) is 3.76. The maximum atomic E-state index is 10.9. The Bertz CT molecular complexity index is 601. The number of thioether (sulfide) groups is 1. The Morgan fingerprint density at radius 1 is 1.20 bits per heavy atom. The second-order valence-electron chi connectivity index (χ2n) is 4.18. The summed E-state index contributed by atoms with van der Waals surface area (Å²) in [5.41, 5.74) is 0.938. The van der Waals surface area contributed by atoms with E-state index in [1.807, 2.05) is 30.3 Å². The molecule has 0 bridgehead atoms. The van der Waals surface area contributed by atoms with Crippen LogP contribution < -0.4 is 0 Å². The van der Waals surface area contributed by atoms with Gasteiger partial charge < -0.3 is 10.2 Å². The highest BCUT2D eigenvalue weighted by Gasteiger charge is 2.11. The van der Waals surface area contributed by atoms with Crippen LogP contribution in [-0.2, 0) is 0 Å². The first-order chi connectivity index (χ1) is 9.58. The van der Waals surface area contributed by atoms with E-state index < -0.39 is 12.1 Å². The van der Waals surface area contributed by atoms with Crippen LogP contribution in [0, 0.1) is 0 Å². The molecule has 2 N–H and O–H groups in total.